The Morgan fingerprint density at radius 1 is 1.25 bits per heavy atom. The highest BCUT2D eigenvalue weighted by atomic mass is 15.3. The highest BCUT2D eigenvalue weighted by molar-refractivity contribution is 5.25. The van der Waals surface area contributed by atoms with Crippen molar-refractivity contribution in [3.63, 3.8) is 0 Å². The van der Waals surface area contributed by atoms with Crippen LogP contribution in [0.2, 0.25) is 0 Å². The Hall–Kier alpha value is -0.860. The average Bonchev–Trinajstić information content (AvgIpc) is 3.27. The van der Waals surface area contributed by atoms with E-state index in [1.54, 1.807) is 0 Å². The average molecular weight is 272 g/mol. The van der Waals surface area contributed by atoms with Gasteiger partial charge in [-0.05, 0) is 37.7 Å². The minimum absolute atomic E-state index is 0.111. The first-order valence-electron chi connectivity index (χ1n) is 8.26. The third-order valence-corrected chi connectivity index (χ3v) is 4.99. The molecule has 20 heavy (non-hydrogen) atoms. The Morgan fingerprint density at radius 2 is 2.00 bits per heavy atom. The van der Waals surface area contributed by atoms with Crippen molar-refractivity contribution in [2.75, 3.05) is 19.6 Å². The lowest BCUT2D eigenvalue weighted by Gasteiger charge is -2.47. The number of hydrogen-bond acceptors (Lipinski definition) is 2. The van der Waals surface area contributed by atoms with Gasteiger partial charge in [0.15, 0.2) is 0 Å². The molecule has 1 saturated carbocycles. The lowest BCUT2D eigenvalue weighted by molar-refractivity contribution is 0.0759. The van der Waals surface area contributed by atoms with Crippen molar-refractivity contribution >= 4 is 0 Å². The van der Waals surface area contributed by atoms with Gasteiger partial charge in [-0.3, -0.25) is 4.90 Å². The van der Waals surface area contributed by atoms with Crippen molar-refractivity contribution in [1.29, 1.82) is 0 Å². The van der Waals surface area contributed by atoms with Gasteiger partial charge in [0, 0.05) is 25.7 Å². The van der Waals surface area contributed by atoms with Crippen LogP contribution in [0.4, 0.5) is 0 Å². The van der Waals surface area contributed by atoms with Gasteiger partial charge in [0.2, 0.25) is 0 Å². The summed E-state index contributed by atoms with van der Waals surface area (Å²) in [6.45, 7) is 8.27. The van der Waals surface area contributed by atoms with Crippen molar-refractivity contribution in [3.05, 3.63) is 35.9 Å². The highest BCUT2D eigenvalue weighted by Crippen LogP contribution is 2.34. The van der Waals surface area contributed by atoms with E-state index in [0.29, 0.717) is 0 Å². The van der Waals surface area contributed by atoms with Crippen LogP contribution in [0, 0.1) is 5.92 Å². The fourth-order valence-corrected chi connectivity index (χ4v) is 3.53. The first kappa shape index (κ1) is 14.1. The molecular weight excluding hydrogens is 244 g/mol. The van der Waals surface area contributed by atoms with Crippen molar-refractivity contribution in [2.45, 2.75) is 51.1 Å². The van der Waals surface area contributed by atoms with E-state index in [1.165, 1.54) is 37.8 Å². The van der Waals surface area contributed by atoms with Crippen LogP contribution in [0.1, 0.15) is 45.1 Å². The summed E-state index contributed by atoms with van der Waals surface area (Å²) in [5.41, 5.74) is 1.54. The van der Waals surface area contributed by atoms with Crippen LogP contribution in [0.5, 0.6) is 0 Å². The van der Waals surface area contributed by atoms with Crippen molar-refractivity contribution < 1.29 is 0 Å². The Kier molecular flexibility index (Phi) is 4.13. The molecular formula is C18H28N2. The number of nitrogens with one attached hydrogen (secondary N) is 1. The summed E-state index contributed by atoms with van der Waals surface area (Å²) in [7, 11) is 0. The monoisotopic (exact) mass is 272 g/mol. The minimum atomic E-state index is 0.111. The second-order valence-electron chi connectivity index (χ2n) is 6.89. The molecule has 1 heterocycles. The largest absolute Gasteiger partial charge is 0.305 e. The molecule has 1 aliphatic carbocycles. The van der Waals surface area contributed by atoms with Crippen LogP contribution < -0.4 is 5.32 Å². The van der Waals surface area contributed by atoms with E-state index in [1.807, 2.05) is 0 Å². The maximum Gasteiger partial charge on any atom is 0.0535 e. The predicted molar refractivity (Wildman–Crippen MR) is 84.8 cm³/mol. The Morgan fingerprint density at radius 3 is 2.65 bits per heavy atom. The highest BCUT2D eigenvalue weighted by Gasteiger charge is 2.38. The van der Waals surface area contributed by atoms with Gasteiger partial charge in [0.25, 0.3) is 0 Å². The maximum atomic E-state index is 3.83. The van der Waals surface area contributed by atoms with Gasteiger partial charge < -0.3 is 5.32 Å². The Bertz CT molecular complexity index is 426. The topological polar surface area (TPSA) is 15.3 Å². The summed E-state index contributed by atoms with van der Waals surface area (Å²) >= 11 is 0. The molecule has 1 N–H and O–H groups in total. The molecule has 2 heteroatoms. The molecule has 0 spiro atoms. The number of benzene rings is 1. The van der Waals surface area contributed by atoms with Gasteiger partial charge in [-0.1, -0.05) is 43.7 Å². The SMILES string of the molecule is CCCC1CNC(C)(c2ccccc2)CN1CC1CC1. The second kappa shape index (κ2) is 5.87. The molecule has 0 amide bonds. The molecule has 1 saturated heterocycles. The molecule has 2 atom stereocenters. The molecule has 1 aliphatic heterocycles. The first-order valence-corrected chi connectivity index (χ1v) is 8.26. The minimum Gasteiger partial charge on any atom is -0.305 e. The van der Waals surface area contributed by atoms with Crippen LogP contribution in [0.15, 0.2) is 30.3 Å². The van der Waals surface area contributed by atoms with E-state index in [4.69, 9.17) is 0 Å². The molecule has 1 aromatic carbocycles. The van der Waals surface area contributed by atoms with Gasteiger partial charge in [0.05, 0.1) is 5.54 Å². The van der Waals surface area contributed by atoms with E-state index in [0.717, 1.165) is 25.0 Å². The molecule has 2 unspecified atom stereocenters. The van der Waals surface area contributed by atoms with E-state index in [2.05, 4.69) is 54.4 Å². The van der Waals surface area contributed by atoms with E-state index >= 15 is 0 Å². The summed E-state index contributed by atoms with van der Waals surface area (Å²) in [5.74, 6) is 0.979. The van der Waals surface area contributed by atoms with Gasteiger partial charge in [-0.15, -0.1) is 0 Å². The molecule has 110 valence electrons. The van der Waals surface area contributed by atoms with E-state index in [-0.39, 0.29) is 5.54 Å². The summed E-state index contributed by atoms with van der Waals surface area (Å²) < 4.78 is 0. The zero-order valence-corrected chi connectivity index (χ0v) is 12.9. The summed E-state index contributed by atoms with van der Waals surface area (Å²) in [4.78, 5) is 2.77. The fraction of sp³-hybridized carbons (Fsp3) is 0.667. The van der Waals surface area contributed by atoms with Gasteiger partial charge in [-0.2, -0.15) is 0 Å². The quantitative estimate of drug-likeness (QED) is 0.884. The molecule has 2 aliphatic rings. The number of rotatable bonds is 5. The maximum absolute atomic E-state index is 3.83. The van der Waals surface area contributed by atoms with Crippen molar-refractivity contribution in [2.24, 2.45) is 5.92 Å². The first-order chi connectivity index (χ1) is 9.71. The number of nitrogens with zero attached hydrogens (tertiary/aromatic N) is 1. The zero-order valence-electron chi connectivity index (χ0n) is 12.9. The van der Waals surface area contributed by atoms with Crippen molar-refractivity contribution in [1.82, 2.24) is 10.2 Å². The number of piperazine rings is 1. The van der Waals surface area contributed by atoms with Gasteiger partial charge >= 0.3 is 0 Å². The predicted octanol–water partition coefficient (Wildman–Crippen LogP) is 3.39. The lowest BCUT2D eigenvalue weighted by Crippen LogP contribution is -2.61. The summed E-state index contributed by atoms with van der Waals surface area (Å²) in [6, 6.07) is 11.7. The standard InChI is InChI=1S/C18H28N2/c1-3-7-17-12-19-18(2,16-8-5-4-6-9-16)14-20(17)13-15-10-11-15/h4-6,8-9,15,17,19H,3,7,10-14H2,1-2H3. The Balaban J connectivity index is 1.74. The summed E-state index contributed by atoms with van der Waals surface area (Å²) in [6.07, 6.45) is 5.51. The van der Waals surface area contributed by atoms with E-state index < -0.39 is 0 Å². The van der Waals surface area contributed by atoms with E-state index in [9.17, 15) is 0 Å². The van der Waals surface area contributed by atoms with Crippen LogP contribution >= 0.6 is 0 Å². The molecule has 0 aromatic heterocycles. The van der Waals surface area contributed by atoms with Crippen LogP contribution in [-0.2, 0) is 5.54 Å². The van der Waals surface area contributed by atoms with Crippen LogP contribution in [0.3, 0.4) is 0 Å². The van der Waals surface area contributed by atoms with Crippen LogP contribution in [-0.4, -0.2) is 30.6 Å². The van der Waals surface area contributed by atoms with Crippen molar-refractivity contribution in [3.8, 4) is 0 Å². The van der Waals surface area contributed by atoms with Crippen LogP contribution in [0.25, 0.3) is 0 Å². The number of hydrogen-bond donors (Lipinski definition) is 1. The smallest absolute Gasteiger partial charge is 0.0535 e. The van der Waals surface area contributed by atoms with Gasteiger partial charge in [0.1, 0.15) is 0 Å². The molecule has 0 radical (unpaired) electrons. The molecule has 2 nitrogen and oxygen atoms in total. The molecule has 0 bridgehead atoms. The van der Waals surface area contributed by atoms with Gasteiger partial charge in [-0.25, -0.2) is 0 Å². The fourth-order valence-electron chi connectivity index (χ4n) is 3.53. The lowest BCUT2D eigenvalue weighted by atomic mass is 9.87. The normalized spacial score (nSPS) is 31.4. The summed E-state index contributed by atoms with van der Waals surface area (Å²) in [5, 5.41) is 3.83. The third kappa shape index (κ3) is 3.07. The second-order valence-corrected chi connectivity index (χ2v) is 6.89. The third-order valence-electron chi connectivity index (χ3n) is 4.99. The zero-order chi connectivity index (χ0) is 14.0. The Labute approximate surface area is 123 Å². The molecule has 2 fully saturated rings. The molecule has 1 aromatic rings. The molecule has 3 rings (SSSR count).